The molecular weight excluding hydrogens is 336 g/mol. The number of carbonyl (C=O) groups is 1. The van der Waals surface area contributed by atoms with Gasteiger partial charge in [-0.15, -0.1) is 0 Å². The Balaban J connectivity index is 1.63. The Morgan fingerprint density at radius 1 is 1.15 bits per heavy atom. The first-order valence-corrected chi connectivity index (χ1v) is 9.23. The fraction of sp³-hybridized carbons (Fsp3) is 0.273. The fourth-order valence-corrected chi connectivity index (χ4v) is 3.13. The third-order valence-electron chi connectivity index (χ3n) is 4.46. The van der Waals surface area contributed by atoms with Gasteiger partial charge >= 0.3 is 0 Å². The van der Waals surface area contributed by atoms with Crippen LogP contribution in [0.4, 0.5) is 5.69 Å². The van der Waals surface area contributed by atoms with Gasteiger partial charge in [-0.25, -0.2) is 4.98 Å². The van der Waals surface area contributed by atoms with Crippen molar-refractivity contribution in [2.75, 3.05) is 5.32 Å². The van der Waals surface area contributed by atoms with Crippen LogP contribution < -0.4 is 11.1 Å². The number of hydrogen-bond donors (Lipinski definition) is 2. The van der Waals surface area contributed by atoms with Crippen LogP contribution in [0.2, 0.25) is 0 Å². The number of nitrogens with zero attached hydrogens (tertiary/aromatic N) is 2. The van der Waals surface area contributed by atoms with Crippen molar-refractivity contribution < 1.29 is 4.79 Å². The van der Waals surface area contributed by atoms with E-state index in [-0.39, 0.29) is 18.4 Å². The zero-order valence-corrected chi connectivity index (χ0v) is 15.8. The standard InChI is InChI=1S/C22H26N4O/c1-16(2)22-24-11-12-26(22)15-17-7-6-10-19(13-17)25-21(27)14-20(23)18-8-4-3-5-9-18/h3-13,16,20H,14-15,23H2,1-2H3,(H,25,27). The second-order valence-corrected chi connectivity index (χ2v) is 7.04. The average Bonchev–Trinajstić information content (AvgIpc) is 3.11. The van der Waals surface area contributed by atoms with Crippen molar-refractivity contribution in [3.05, 3.63) is 83.9 Å². The molecule has 0 saturated heterocycles. The molecule has 0 bridgehead atoms. The monoisotopic (exact) mass is 362 g/mol. The molecule has 5 nitrogen and oxygen atoms in total. The van der Waals surface area contributed by atoms with E-state index in [0.29, 0.717) is 5.92 Å². The van der Waals surface area contributed by atoms with Gasteiger partial charge in [0.15, 0.2) is 0 Å². The van der Waals surface area contributed by atoms with Gasteiger partial charge in [0.1, 0.15) is 5.82 Å². The number of nitrogens with two attached hydrogens (primary N) is 1. The summed E-state index contributed by atoms with van der Waals surface area (Å²) in [4.78, 5) is 16.8. The Kier molecular flexibility index (Phi) is 6.04. The highest BCUT2D eigenvalue weighted by atomic mass is 16.1. The summed E-state index contributed by atoms with van der Waals surface area (Å²) in [6, 6.07) is 17.3. The molecule has 0 fully saturated rings. The summed E-state index contributed by atoms with van der Waals surface area (Å²) in [5.74, 6) is 1.33. The number of nitrogens with one attached hydrogen (secondary N) is 1. The molecule has 5 heteroatoms. The van der Waals surface area contributed by atoms with Crippen LogP contribution in [0, 0.1) is 0 Å². The first-order valence-electron chi connectivity index (χ1n) is 9.23. The lowest BCUT2D eigenvalue weighted by atomic mass is 10.0. The minimum absolute atomic E-state index is 0.0889. The van der Waals surface area contributed by atoms with Gasteiger partial charge in [-0.3, -0.25) is 4.79 Å². The van der Waals surface area contributed by atoms with Gasteiger partial charge in [-0.2, -0.15) is 0 Å². The molecule has 3 aromatic rings. The second kappa shape index (κ2) is 8.64. The highest BCUT2D eigenvalue weighted by molar-refractivity contribution is 5.91. The molecule has 1 aromatic heterocycles. The molecule has 3 rings (SSSR count). The third-order valence-corrected chi connectivity index (χ3v) is 4.46. The molecule has 1 heterocycles. The van der Waals surface area contributed by atoms with Crippen LogP contribution in [0.3, 0.4) is 0 Å². The summed E-state index contributed by atoms with van der Waals surface area (Å²) in [7, 11) is 0. The normalized spacial score (nSPS) is 12.1. The lowest BCUT2D eigenvalue weighted by Crippen LogP contribution is -2.20. The van der Waals surface area contributed by atoms with E-state index >= 15 is 0 Å². The molecule has 0 aliphatic carbocycles. The number of anilines is 1. The largest absolute Gasteiger partial charge is 0.330 e. The van der Waals surface area contributed by atoms with Crippen molar-refractivity contribution in [3.8, 4) is 0 Å². The lowest BCUT2D eigenvalue weighted by Gasteiger charge is -2.14. The maximum Gasteiger partial charge on any atom is 0.226 e. The number of hydrogen-bond acceptors (Lipinski definition) is 3. The molecule has 2 aromatic carbocycles. The fourth-order valence-electron chi connectivity index (χ4n) is 3.13. The Bertz CT molecular complexity index is 886. The lowest BCUT2D eigenvalue weighted by molar-refractivity contribution is -0.116. The van der Waals surface area contributed by atoms with Gasteiger partial charge in [0.2, 0.25) is 5.91 Å². The number of aromatic nitrogens is 2. The van der Waals surface area contributed by atoms with Crippen molar-refractivity contribution in [3.63, 3.8) is 0 Å². The average molecular weight is 362 g/mol. The molecule has 0 aliphatic rings. The minimum Gasteiger partial charge on any atom is -0.330 e. The van der Waals surface area contributed by atoms with Gasteiger partial charge < -0.3 is 15.6 Å². The van der Waals surface area contributed by atoms with Crippen molar-refractivity contribution >= 4 is 11.6 Å². The van der Waals surface area contributed by atoms with Gasteiger partial charge in [-0.1, -0.05) is 56.3 Å². The van der Waals surface area contributed by atoms with Crippen molar-refractivity contribution in [2.45, 2.75) is 38.8 Å². The maximum absolute atomic E-state index is 12.4. The topological polar surface area (TPSA) is 72.9 Å². The zero-order valence-electron chi connectivity index (χ0n) is 15.8. The first kappa shape index (κ1) is 18.9. The molecule has 27 heavy (non-hydrogen) atoms. The van der Waals surface area contributed by atoms with Crippen LogP contribution in [0.5, 0.6) is 0 Å². The molecule has 0 spiro atoms. The van der Waals surface area contributed by atoms with E-state index in [1.165, 1.54) is 0 Å². The zero-order chi connectivity index (χ0) is 19.2. The van der Waals surface area contributed by atoms with Gasteiger partial charge in [0.05, 0.1) is 0 Å². The Morgan fingerprint density at radius 3 is 2.67 bits per heavy atom. The van der Waals surface area contributed by atoms with E-state index in [1.807, 2.05) is 60.9 Å². The summed E-state index contributed by atoms with van der Waals surface area (Å²) in [6.07, 6.45) is 4.05. The Morgan fingerprint density at radius 2 is 1.93 bits per heavy atom. The molecule has 1 atom stereocenters. The molecule has 1 unspecified atom stereocenters. The van der Waals surface area contributed by atoms with Crippen LogP contribution in [-0.4, -0.2) is 15.5 Å². The molecule has 0 aliphatic heterocycles. The quantitative estimate of drug-likeness (QED) is 0.665. The number of imidazole rings is 1. The molecular formula is C22H26N4O. The van der Waals surface area contributed by atoms with Crippen molar-refractivity contribution in [1.29, 1.82) is 0 Å². The second-order valence-electron chi connectivity index (χ2n) is 7.04. The van der Waals surface area contributed by atoms with Crippen molar-refractivity contribution in [1.82, 2.24) is 9.55 Å². The summed E-state index contributed by atoms with van der Waals surface area (Å²) in [5, 5.41) is 2.96. The molecule has 0 radical (unpaired) electrons. The predicted octanol–water partition coefficient (Wildman–Crippen LogP) is 4.08. The summed E-state index contributed by atoms with van der Waals surface area (Å²) in [5.41, 5.74) is 9.00. The number of amides is 1. The van der Waals surface area contributed by atoms with Crippen LogP contribution in [0.15, 0.2) is 67.0 Å². The van der Waals surface area contributed by atoms with Gasteiger partial charge in [0.25, 0.3) is 0 Å². The Hall–Kier alpha value is -2.92. The van der Waals surface area contributed by atoms with E-state index in [1.54, 1.807) is 0 Å². The highest BCUT2D eigenvalue weighted by Gasteiger charge is 2.12. The third kappa shape index (κ3) is 5.05. The van der Waals surface area contributed by atoms with Crippen LogP contribution in [0.25, 0.3) is 0 Å². The minimum atomic E-state index is -0.311. The number of benzene rings is 2. The molecule has 3 N–H and O–H groups in total. The highest BCUT2D eigenvalue weighted by Crippen LogP contribution is 2.18. The molecule has 1 amide bonds. The maximum atomic E-state index is 12.4. The van der Waals surface area contributed by atoms with Crippen LogP contribution in [-0.2, 0) is 11.3 Å². The van der Waals surface area contributed by atoms with Crippen LogP contribution in [0.1, 0.15) is 49.2 Å². The van der Waals surface area contributed by atoms with Gasteiger partial charge in [-0.05, 0) is 23.3 Å². The van der Waals surface area contributed by atoms with E-state index in [0.717, 1.165) is 29.2 Å². The number of carbonyl (C=O) groups excluding carboxylic acids is 1. The summed E-state index contributed by atoms with van der Waals surface area (Å²) >= 11 is 0. The van der Waals surface area contributed by atoms with Crippen LogP contribution >= 0.6 is 0 Å². The van der Waals surface area contributed by atoms with E-state index in [2.05, 4.69) is 34.8 Å². The van der Waals surface area contributed by atoms with E-state index < -0.39 is 0 Å². The van der Waals surface area contributed by atoms with E-state index in [4.69, 9.17) is 5.73 Å². The Labute approximate surface area is 160 Å². The number of rotatable bonds is 7. The summed E-state index contributed by atoms with van der Waals surface area (Å²) in [6.45, 7) is 4.98. The smallest absolute Gasteiger partial charge is 0.226 e. The SMILES string of the molecule is CC(C)c1nccn1Cc1cccc(NC(=O)CC(N)c2ccccc2)c1. The molecule has 140 valence electrons. The first-order chi connectivity index (χ1) is 13.0. The predicted molar refractivity (Wildman–Crippen MR) is 108 cm³/mol. The summed E-state index contributed by atoms with van der Waals surface area (Å²) < 4.78 is 2.14. The van der Waals surface area contributed by atoms with Crippen molar-refractivity contribution in [2.24, 2.45) is 5.73 Å². The van der Waals surface area contributed by atoms with E-state index in [9.17, 15) is 4.79 Å². The molecule has 0 saturated carbocycles. The van der Waals surface area contributed by atoms with Gasteiger partial charge in [0, 0.05) is 43.0 Å².